The normalized spacial score (nSPS) is 13.2. The molecule has 0 atom stereocenters. The number of hydrogen-bond acceptors (Lipinski definition) is 5. The molecule has 1 aromatic heterocycles. The lowest BCUT2D eigenvalue weighted by Gasteiger charge is -2.09. The largest absolute Gasteiger partial charge is 0.454 e. The molecule has 0 fully saturated rings. The Morgan fingerprint density at radius 3 is 2.62 bits per heavy atom. The maximum absolute atomic E-state index is 12.4. The number of ether oxygens (including phenoxy) is 2. The predicted octanol–water partition coefficient (Wildman–Crippen LogP) is 2.23. The topological polar surface area (TPSA) is 77.5 Å². The summed E-state index contributed by atoms with van der Waals surface area (Å²) in [5.41, 5.74) is 1.68. The molecule has 1 aromatic carbocycles. The van der Waals surface area contributed by atoms with Crippen LogP contribution >= 0.6 is 0 Å². The minimum Gasteiger partial charge on any atom is -0.454 e. The highest BCUT2D eigenvalue weighted by Gasteiger charge is 2.20. The molecule has 0 unspecified atom stereocenters. The van der Waals surface area contributed by atoms with E-state index in [1.807, 2.05) is 19.9 Å². The third-order valence-corrected chi connectivity index (χ3v) is 4.34. The van der Waals surface area contributed by atoms with Crippen LogP contribution in [0.2, 0.25) is 0 Å². The van der Waals surface area contributed by atoms with Crippen LogP contribution in [0, 0.1) is 13.8 Å². The fraction of sp³-hybridized carbons (Fsp3) is 0.214. The van der Waals surface area contributed by atoms with Crippen LogP contribution in [-0.4, -0.2) is 20.2 Å². The predicted molar refractivity (Wildman–Crippen MR) is 77.1 cm³/mol. The summed E-state index contributed by atoms with van der Waals surface area (Å²) < 4.78 is 37.6. The van der Waals surface area contributed by atoms with Gasteiger partial charge in [-0.25, -0.2) is 13.4 Å². The zero-order valence-corrected chi connectivity index (χ0v) is 12.4. The summed E-state index contributed by atoms with van der Waals surface area (Å²) in [6, 6.07) is 8.04. The summed E-state index contributed by atoms with van der Waals surface area (Å²) in [5, 5.41) is 0. The van der Waals surface area contributed by atoms with Gasteiger partial charge in [0.05, 0.1) is 4.90 Å². The van der Waals surface area contributed by atoms with Gasteiger partial charge in [-0.05, 0) is 43.7 Å². The molecule has 1 N–H and O–H groups in total. The maximum atomic E-state index is 12.4. The maximum Gasteiger partial charge on any atom is 0.263 e. The smallest absolute Gasteiger partial charge is 0.263 e. The molecule has 7 heteroatoms. The number of fused-ring (bicyclic) bond motifs is 1. The first-order valence-corrected chi connectivity index (χ1v) is 7.80. The van der Waals surface area contributed by atoms with Gasteiger partial charge in [0.15, 0.2) is 11.5 Å². The second-order valence-electron chi connectivity index (χ2n) is 4.79. The second-order valence-corrected chi connectivity index (χ2v) is 6.47. The van der Waals surface area contributed by atoms with E-state index in [4.69, 9.17) is 9.47 Å². The molecule has 0 bridgehead atoms. The zero-order valence-electron chi connectivity index (χ0n) is 11.6. The van der Waals surface area contributed by atoms with Gasteiger partial charge in [-0.2, -0.15) is 0 Å². The van der Waals surface area contributed by atoms with E-state index < -0.39 is 10.0 Å². The quantitative estimate of drug-likeness (QED) is 0.941. The number of aromatic nitrogens is 1. The van der Waals surface area contributed by atoms with Crippen molar-refractivity contribution in [3.05, 3.63) is 41.6 Å². The van der Waals surface area contributed by atoms with Crippen LogP contribution in [-0.2, 0) is 10.0 Å². The lowest BCUT2D eigenvalue weighted by atomic mass is 10.2. The highest BCUT2D eigenvalue weighted by Crippen LogP contribution is 2.34. The third kappa shape index (κ3) is 2.78. The fourth-order valence-electron chi connectivity index (χ4n) is 2.13. The van der Waals surface area contributed by atoms with Crippen LogP contribution in [0.5, 0.6) is 11.5 Å². The van der Waals surface area contributed by atoms with Crippen molar-refractivity contribution in [3.8, 4) is 11.5 Å². The molecule has 3 rings (SSSR count). The van der Waals surface area contributed by atoms with Gasteiger partial charge in [-0.15, -0.1) is 0 Å². The van der Waals surface area contributed by atoms with Gasteiger partial charge in [-0.1, -0.05) is 0 Å². The van der Waals surface area contributed by atoms with E-state index in [-0.39, 0.29) is 11.7 Å². The molecule has 0 radical (unpaired) electrons. The first kappa shape index (κ1) is 13.7. The van der Waals surface area contributed by atoms with E-state index in [1.54, 1.807) is 12.1 Å². The van der Waals surface area contributed by atoms with Gasteiger partial charge < -0.3 is 9.47 Å². The lowest BCUT2D eigenvalue weighted by Crippen LogP contribution is -2.14. The Morgan fingerprint density at radius 1 is 1.10 bits per heavy atom. The van der Waals surface area contributed by atoms with E-state index in [0.717, 1.165) is 11.3 Å². The molecule has 21 heavy (non-hydrogen) atoms. The Kier molecular flexibility index (Phi) is 3.21. The van der Waals surface area contributed by atoms with Crippen LogP contribution in [0.25, 0.3) is 0 Å². The van der Waals surface area contributed by atoms with Crippen molar-refractivity contribution in [2.24, 2.45) is 0 Å². The number of nitrogens with one attached hydrogen (secondary N) is 1. The number of rotatable bonds is 3. The number of pyridine rings is 1. The van der Waals surface area contributed by atoms with E-state index in [9.17, 15) is 8.42 Å². The molecular weight excluding hydrogens is 292 g/mol. The molecule has 6 nitrogen and oxygen atoms in total. The Balaban J connectivity index is 1.93. The second kappa shape index (κ2) is 4.92. The van der Waals surface area contributed by atoms with Gasteiger partial charge in [-0.3, -0.25) is 4.72 Å². The number of sulfonamides is 1. The van der Waals surface area contributed by atoms with Crippen LogP contribution in [0.15, 0.2) is 35.2 Å². The zero-order chi connectivity index (χ0) is 15.0. The Hall–Kier alpha value is -2.28. The molecule has 2 aromatic rings. The van der Waals surface area contributed by atoms with E-state index in [1.165, 1.54) is 12.1 Å². The van der Waals surface area contributed by atoms with Crippen LogP contribution in [0.4, 0.5) is 5.82 Å². The van der Waals surface area contributed by atoms with Crippen molar-refractivity contribution < 1.29 is 17.9 Å². The molecule has 0 saturated carbocycles. The first-order valence-electron chi connectivity index (χ1n) is 6.32. The number of hydrogen-bond donors (Lipinski definition) is 1. The average Bonchev–Trinajstić information content (AvgIpc) is 2.83. The molecule has 0 spiro atoms. The van der Waals surface area contributed by atoms with Crippen molar-refractivity contribution in [3.63, 3.8) is 0 Å². The Morgan fingerprint density at radius 2 is 1.86 bits per heavy atom. The van der Waals surface area contributed by atoms with E-state index in [2.05, 4.69) is 9.71 Å². The lowest BCUT2D eigenvalue weighted by molar-refractivity contribution is 0.174. The number of benzene rings is 1. The minimum atomic E-state index is -3.72. The SMILES string of the molecule is Cc1cc(C)nc(NS(=O)(=O)c2ccc3c(c2)OCO3)c1. The summed E-state index contributed by atoms with van der Waals surface area (Å²) in [7, 11) is -3.72. The van der Waals surface area contributed by atoms with Gasteiger partial charge in [0.2, 0.25) is 6.79 Å². The average molecular weight is 306 g/mol. The molecule has 0 amide bonds. The van der Waals surface area contributed by atoms with E-state index in [0.29, 0.717) is 17.3 Å². The van der Waals surface area contributed by atoms with Crippen LogP contribution < -0.4 is 14.2 Å². The summed E-state index contributed by atoms with van der Waals surface area (Å²) in [4.78, 5) is 4.28. The van der Waals surface area contributed by atoms with Crippen molar-refractivity contribution in [2.75, 3.05) is 11.5 Å². The monoisotopic (exact) mass is 306 g/mol. The van der Waals surface area contributed by atoms with Crippen molar-refractivity contribution in [1.82, 2.24) is 4.98 Å². The van der Waals surface area contributed by atoms with Gasteiger partial charge in [0, 0.05) is 11.8 Å². The Labute approximate surface area is 122 Å². The highest BCUT2D eigenvalue weighted by atomic mass is 32.2. The van der Waals surface area contributed by atoms with Crippen LogP contribution in [0.1, 0.15) is 11.3 Å². The number of nitrogens with zero attached hydrogens (tertiary/aromatic N) is 1. The summed E-state index contributed by atoms with van der Waals surface area (Å²) >= 11 is 0. The summed E-state index contributed by atoms with van der Waals surface area (Å²) in [6.07, 6.45) is 0. The third-order valence-electron chi connectivity index (χ3n) is 2.99. The Bertz CT molecular complexity index is 782. The highest BCUT2D eigenvalue weighted by molar-refractivity contribution is 7.92. The minimum absolute atomic E-state index is 0.102. The summed E-state index contributed by atoms with van der Waals surface area (Å²) in [5.74, 6) is 1.26. The standard InChI is InChI=1S/C14H14N2O4S/c1-9-5-10(2)15-14(6-9)16-21(17,18)11-3-4-12-13(7-11)20-8-19-12/h3-7H,8H2,1-2H3,(H,15,16). The van der Waals surface area contributed by atoms with Gasteiger partial charge in [0.25, 0.3) is 10.0 Å². The van der Waals surface area contributed by atoms with E-state index >= 15 is 0 Å². The van der Waals surface area contributed by atoms with Gasteiger partial charge in [0.1, 0.15) is 5.82 Å². The van der Waals surface area contributed by atoms with Crippen molar-refractivity contribution in [1.29, 1.82) is 0 Å². The fourth-order valence-corrected chi connectivity index (χ4v) is 3.14. The summed E-state index contributed by atoms with van der Waals surface area (Å²) in [6.45, 7) is 3.79. The number of anilines is 1. The molecular formula is C14H14N2O4S. The van der Waals surface area contributed by atoms with Crippen molar-refractivity contribution in [2.45, 2.75) is 18.7 Å². The molecule has 2 heterocycles. The molecule has 1 aliphatic rings. The number of aryl methyl sites for hydroxylation is 2. The molecule has 1 aliphatic heterocycles. The molecule has 110 valence electrons. The molecule has 0 aliphatic carbocycles. The van der Waals surface area contributed by atoms with Crippen LogP contribution in [0.3, 0.4) is 0 Å². The first-order chi connectivity index (χ1) is 9.94. The van der Waals surface area contributed by atoms with Gasteiger partial charge >= 0.3 is 0 Å². The molecule has 0 saturated heterocycles. The van der Waals surface area contributed by atoms with Crippen molar-refractivity contribution >= 4 is 15.8 Å².